The summed E-state index contributed by atoms with van der Waals surface area (Å²) in [6, 6.07) is 4.59. The van der Waals surface area contributed by atoms with E-state index in [0.717, 1.165) is 0 Å². The molecular formula is C13H19N3O4. The van der Waals surface area contributed by atoms with Crippen molar-refractivity contribution in [1.82, 2.24) is 10.6 Å². The van der Waals surface area contributed by atoms with Crippen molar-refractivity contribution in [3.63, 3.8) is 0 Å². The van der Waals surface area contributed by atoms with E-state index in [1.165, 1.54) is 12.1 Å². The van der Waals surface area contributed by atoms with Crippen LogP contribution < -0.4 is 16.4 Å². The van der Waals surface area contributed by atoms with Crippen LogP contribution in [0.15, 0.2) is 24.3 Å². The van der Waals surface area contributed by atoms with Crippen LogP contribution >= 0.6 is 0 Å². The molecule has 0 saturated heterocycles. The number of carbonyl (C=O) groups excluding carboxylic acids is 1. The molecule has 7 nitrogen and oxygen atoms in total. The third-order valence-corrected chi connectivity index (χ3v) is 2.65. The molecule has 0 aliphatic rings. The zero-order chi connectivity index (χ0) is 15.0. The summed E-state index contributed by atoms with van der Waals surface area (Å²) in [4.78, 5) is 22.6. The lowest BCUT2D eigenvalue weighted by Gasteiger charge is -2.15. The minimum atomic E-state index is -1.12. The molecule has 0 aliphatic carbocycles. The van der Waals surface area contributed by atoms with Gasteiger partial charge < -0.3 is 26.6 Å². The van der Waals surface area contributed by atoms with Gasteiger partial charge in [-0.15, -0.1) is 0 Å². The number of rotatable bonds is 7. The fraction of sp³-hybridized carbons (Fsp3) is 0.385. The maximum absolute atomic E-state index is 11.5. The number of phenols is 1. The van der Waals surface area contributed by atoms with Gasteiger partial charge in [0.05, 0.1) is 0 Å². The topological polar surface area (TPSA) is 125 Å². The first-order valence-electron chi connectivity index (χ1n) is 6.28. The highest BCUT2D eigenvalue weighted by atomic mass is 16.4. The van der Waals surface area contributed by atoms with Crippen LogP contribution in [0.25, 0.3) is 0 Å². The summed E-state index contributed by atoms with van der Waals surface area (Å²) in [5, 5.41) is 23.2. The van der Waals surface area contributed by atoms with Gasteiger partial charge in [0.1, 0.15) is 11.8 Å². The molecule has 2 amide bonds. The molecule has 110 valence electrons. The van der Waals surface area contributed by atoms with E-state index in [9.17, 15) is 9.59 Å². The van der Waals surface area contributed by atoms with Crippen molar-refractivity contribution in [2.45, 2.75) is 18.9 Å². The van der Waals surface area contributed by atoms with Crippen LogP contribution in [0.3, 0.4) is 0 Å². The number of phenolic OH excluding ortho intramolecular Hbond substituents is 1. The van der Waals surface area contributed by atoms with Crippen LogP contribution in [-0.4, -0.2) is 41.3 Å². The Balaban J connectivity index is 2.54. The Labute approximate surface area is 116 Å². The van der Waals surface area contributed by atoms with E-state index in [0.29, 0.717) is 25.1 Å². The second-order valence-corrected chi connectivity index (χ2v) is 4.30. The van der Waals surface area contributed by atoms with E-state index in [1.54, 1.807) is 12.1 Å². The van der Waals surface area contributed by atoms with E-state index >= 15 is 0 Å². The van der Waals surface area contributed by atoms with E-state index in [1.807, 2.05) is 0 Å². The molecule has 0 spiro atoms. The number of nitrogens with two attached hydrogens (primary N) is 1. The lowest BCUT2D eigenvalue weighted by Crippen LogP contribution is -2.47. The molecule has 0 bridgehead atoms. The van der Waals surface area contributed by atoms with E-state index in [-0.39, 0.29) is 12.2 Å². The third-order valence-electron chi connectivity index (χ3n) is 2.65. The number of urea groups is 1. The lowest BCUT2D eigenvalue weighted by molar-refractivity contribution is -0.139. The summed E-state index contributed by atoms with van der Waals surface area (Å²) in [5.74, 6) is -1.01. The zero-order valence-electron chi connectivity index (χ0n) is 11.0. The highest BCUT2D eigenvalue weighted by Crippen LogP contribution is 2.11. The van der Waals surface area contributed by atoms with Gasteiger partial charge in [0.25, 0.3) is 0 Å². The first-order valence-corrected chi connectivity index (χ1v) is 6.28. The fourth-order valence-electron chi connectivity index (χ4n) is 1.58. The SMILES string of the molecule is NCCCNC(=O)N[C@@H](Cc1ccc(O)cc1)C(=O)O. The molecule has 1 rings (SSSR count). The van der Waals surface area contributed by atoms with Gasteiger partial charge in [-0.25, -0.2) is 9.59 Å². The van der Waals surface area contributed by atoms with Crippen LogP contribution in [0.5, 0.6) is 5.75 Å². The number of carbonyl (C=O) groups is 2. The van der Waals surface area contributed by atoms with Crippen molar-refractivity contribution in [2.24, 2.45) is 5.73 Å². The van der Waals surface area contributed by atoms with Crippen molar-refractivity contribution in [1.29, 1.82) is 0 Å². The Morgan fingerprint density at radius 1 is 1.25 bits per heavy atom. The van der Waals surface area contributed by atoms with Crippen LogP contribution in [0, 0.1) is 0 Å². The largest absolute Gasteiger partial charge is 0.508 e. The van der Waals surface area contributed by atoms with E-state index in [4.69, 9.17) is 15.9 Å². The number of amides is 2. The summed E-state index contributed by atoms with van der Waals surface area (Å²) in [7, 11) is 0. The van der Waals surface area contributed by atoms with Gasteiger partial charge >= 0.3 is 12.0 Å². The molecule has 20 heavy (non-hydrogen) atoms. The molecule has 0 heterocycles. The number of benzene rings is 1. The second-order valence-electron chi connectivity index (χ2n) is 4.30. The molecule has 0 aromatic heterocycles. The summed E-state index contributed by atoms with van der Waals surface area (Å²) >= 11 is 0. The minimum absolute atomic E-state index is 0.105. The molecule has 1 aromatic carbocycles. The molecular weight excluding hydrogens is 262 g/mol. The Morgan fingerprint density at radius 3 is 2.45 bits per heavy atom. The van der Waals surface area contributed by atoms with Gasteiger partial charge in [-0.05, 0) is 30.7 Å². The van der Waals surface area contributed by atoms with Crippen LogP contribution in [0.2, 0.25) is 0 Å². The number of nitrogens with one attached hydrogen (secondary N) is 2. The number of hydrogen-bond acceptors (Lipinski definition) is 4. The number of aliphatic carboxylic acids is 1. The summed E-state index contributed by atoms with van der Waals surface area (Å²) in [6.07, 6.45) is 0.767. The van der Waals surface area contributed by atoms with Crippen molar-refractivity contribution in [3.8, 4) is 5.75 Å². The highest BCUT2D eigenvalue weighted by molar-refractivity contribution is 5.82. The molecule has 0 unspecified atom stereocenters. The number of hydrogen-bond donors (Lipinski definition) is 5. The number of carboxylic acids is 1. The third kappa shape index (κ3) is 5.57. The van der Waals surface area contributed by atoms with Gasteiger partial charge in [-0.3, -0.25) is 0 Å². The fourth-order valence-corrected chi connectivity index (χ4v) is 1.58. The molecule has 1 atom stereocenters. The average molecular weight is 281 g/mol. The van der Waals surface area contributed by atoms with Crippen molar-refractivity contribution >= 4 is 12.0 Å². The van der Waals surface area contributed by atoms with Gasteiger partial charge in [0.15, 0.2) is 0 Å². The standard InChI is InChI=1S/C13H19N3O4/c14-6-1-7-15-13(20)16-11(12(18)19)8-9-2-4-10(17)5-3-9/h2-5,11,17H,1,6-8,14H2,(H,18,19)(H2,15,16,20)/t11-/m0/s1. The first kappa shape index (κ1) is 15.8. The number of aromatic hydroxyl groups is 1. The minimum Gasteiger partial charge on any atom is -0.508 e. The second kappa shape index (κ2) is 8.00. The monoisotopic (exact) mass is 281 g/mol. The Kier molecular flexibility index (Phi) is 6.31. The normalized spacial score (nSPS) is 11.7. The Hall–Kier alpha value is -2.28. The van der Waals surface area contributed by atoms with Crippen LogP contribution in [0.1, 0.15) is 12.0 Å². The molecule has 0 saturated carbocycles. The predicted molar refractivity (Wildman–Crippen MR) is 73.4 cm³/mol. The quantitative estimate of drug-likeness (QED) is 0.451. The van der Waals surface area contributed by atoms with E-state index in [2.05, 4.69) is 10.6 Å². The molecule has 1 aromatic rings. The van der Waals surface area contributed by atoms with Crippen molar-refractivity contribution < 1.29 is 19.8 Å². The molecule has 7 heteroatoms. The predicted octanol–water partition coefficient (Wildman–Crippen LogP) is 0.0359. The maximum Gasteiger partial charge on any atom is 0.326 e. The van der Waals surface area contributed by atoms with Gasteiger partial charge in [-0.1, -0.05) is 12.1 Å². The van der Waals surface area contributed by atoms with Gasteiger partial charge in [-0.2, -0.15) is 0 Å². The molecule has 0 aliphatic heterocycles. The maximum atomic E-state index is 11.5. The van der Waals surface area contributed by atoms with Crippen LogP contribution in [0.4, 0.5) is 4.79 Å². The van der Waals surface area contributed by atoms with Crippen molar-refractivity contribution in [3.05, 3.63) is 29.8 Å². The number of carboxylic acid groups (broad SMARTS) is 1. The highest BCUT2D eigenvalue weighted by Gasteiger charge is 2.20. The smallest absolute Gasteiger partial charge is 0.326 e. The Morgan fingerprint density at radius 2 is 1.90 bits per heavy atom. The average Bonchev–Trinajstić information content (AvgIpc) is 2.40. The summed E-state index contributed by atoms with van der Waals surface area (Å²) < 4.78 is 0. The van der Waals surface area contributed by atoms with Crippen molar-refractivity contribution in [2.75, 3.05) is 13.1 Å². The van der Waals surface area contributed by atoms with Crippen LogP contribution in [-0.2, 0) is 11.2 Å². The molecule has 0 fully saturated rings. The van der Waals surface area contributed by atoms with Gasteiger partial charge in [0, 0.05) is 13.0 Å². The van der Waals surface area contributed by atoms with Gasteiger partial charge in [0.2, 0.25) is 0 Å². The molecule has 0 radical (unpaired) electrons. The Bertz CT molecular complexity index is 447. The van der Waals surface area contributed by atoms with E-state index < -0.39 is 18.0 Å². The lowest BCUT2D eigenvalue weighted by atomic mass is 10.1. The first-order chi connectivity index (χ1) is 9.52. The zero-order valence-corrected chi connectivity index (χ0v) is 11.0. The summed E-state index contributed by atoms with van der Waals surface area (Å²) in [5.41, 5.74) is 6.00. The molecule has 6 N–H and O–H groups in total. The summed E-state index contributed by atoms with van der Waals surface area (Å²) in [6.45, 7) is 0.851.